The van der Waals surface area contributed by atoms with Gasteiger partial charge < -0.3 is 15.1 Å². The first-order chi connectivity index (χ1) is 6.22. The van der Waals surface area contributed by atoms with Gasteiger partial charge in [0.05, 0.1) is 6.16 Å². The zero-order valence-corrected chi connectivity index (χ0v) is 9.25. The number of rotatable bonds is 5. The minimum atomic E-state index is -4.12. The topological polar surface area (TPSA) is 86.6 Å². The monoisotopic (exact) mass is 221 g/mol. The van der Waals surface area contributed by atoms with Crippen molar-refractivity contribution in [3.05, 3.63) is 12.7 Å². The summed E-state index contributed by atoms with van der Waals surface area (Å²) in [6.45, 7) is 6.61. The van der Waals surface area contributed by atoms with E-state index in [2.05, 4.69) is 11.9 Å². The predicted molar refractivity (Wildman–Crippen MR) is 53.9 cm³/mol. The van der Waals surface area contributed by atoms with Gasteiger partial charge in [-0.05, 0) is 19.4 Å². The van der Waals surface area contributed by atoms with E-state index in [9.17, 15) is 9.36 Å². The maximum atomic E-state index is 11.0. The van der Waals surface area contributed by atoms with E-state index in [0.29, 0.717) is 6.42 Å². The molecule has 0 saturated carbocycles. The Balaban J connectivity index is 4.55. The SMILES string of the molecule is C=CC(=O)NC(C)(CC)CP(=O)(O)O. The van der Waals surface area contributed by atoms with Crippen molar-refractivity contribution >= 4 is 13.5 Å². The molecule has 1 amide bonds. The number of carbonyl (C=O) groups excluding carboxylic acids is 1. The normalized spacial score (nSPS) is 15.7. The zero-order chi connectivity index (χ0) is 11.4. The van der Waals surface area contributed by atoms with Crippen LogP contribution in [-0.2, 0) is 9.36 Å². The van der Waals surface area contributed by atoms with Crippen LogP contribution in [0.25, 0.3) is 0 Å². The van der Waals surface area contributed by atoms with Crippen LogP contribution in [0.1, 0.15) is 20.3 Å². The Morgan fingerprint density at radius 2 is 2.14 bits per heavy atom. The Kier molecular flexibility index (Phi) is 4.52. The highest BCUT2D eigenvalue weighted by atomic mass is 31.2. The Bertz CT molecular complexity index is 273. The Morgan fingerprint density at radius 3 is 2.43 bits per heavy atom. The summed E-state index contributed by atoms with van der Waals surface area (Å²) in [6, 6.07) is 0. The van der Waals surface area contributed by atoms with Gasteiger partial charge in [-0.25, -0.2) is 0 Å². The van der Waals surface area contributed by atoms with Crippen molar-refractivity contribution in [3.8, 4) is 0 Å². The van der Waals surface area contributed by atoms with E-state index in [1.807, 2.05) is 0 Å². The van der Waals surface area contributed by atoms with Gasteiger partial charge >= 0.3 is 7.60 Å². The minimum absolute atomic E-state index is 0.365. The van der Waals surface area contributed by atoms with E-state index in [0.717, 1.165) is 6.08 Å². The lowest BCUT2D eigenvalue weighted by molar-refractivity contribution is -0.118. The smallest absolute Gasteiger partial charge is 0.327 e. The van der Waals surface area contributed by atoms with E-state index in [1.54, 1.807) is 13.8 Å². The summed E-state index contributed by atoms with van der Waals surface area (Å²) in [5.41, 5.74) is -0.885. The maximum Gasteiger partial charge on any atom is 0.327 e. The second-order valence-corrected chi connectivity index (χ2v) is 5.08. The van der Waals surface area contributed by atoms with Crippen LogP contribution in [0.2, 0.25) is 0 Å². The molecule has 0 aliphatic carbocycles. The van der Waals surface area contributed by atoms with Gasteiger partial charge in [-0.1, -0.05) is 13.5 Å². The van der Waals surface area contributed by atoms with Crippen LogP contribution in [0.3, 0.4) is 0 Å². The Labute approximate surface area is 83.4 Å². The molecule has 0 spiro atoms. The van der Waals surface area contributed by atoms with Gasteiger partial charge in [0.1, 0.15) is 0 Å². The second kappa shape index (κ2) is 4.73. The fourth-order valence-corrected chi connectivity index (χ4v) is 2.25. The average molecular weight is 221 g/mol. The molecule has 0 bridgehead atoms. The van der Waals surface area contributed by atoms with Crippen molar-refractivity contribution in [2.45, 2.75) is 25.8 Å². The Morgan fingerprint density at radius 1 is 1.64 bits per heavy atom. The van der Waals surface area contributed by atoms with E-state index in [1.165, 1.54) is 0 Å². The molecule has 0 aromatic carbocycles. The lowest BCUT2D eigenvalue weighted by Gasteiger charge is -2.29. The summed E-state index contributed by atoms with van der Waals surface area (Å²) in [4.78, 5) is 28.6. The zero-order valence-electron chi connectivity index (χ0n) is 8.36. The van der Waals surface area contributed by atoms with E-state index < -0.39 is 19.0 Å². The number of hydrogen-bond donors (Lipinski definition) is 3. The first kappa shape index (κ1) is 13.4. The molecule has 0 saturated heterocycles. The molecular weight excluding hydrogens is 205 g/mol. The summed E-state index contributed by atoms with van der Waals surface area (Å²) in [5, 5.41) is 2.50. The molecule has 1 atom stereocenters. The standard InChI is InChI=1S/C8H16NO4P/c1-4-7(10)9-8(3,5-2)6-14(11,12)13/h4H,1,5-6H2,2-3H3,(H,9,10)(H2,11,12,13). The van der Waals surface area contributed by atoms with Crippen molar-refractivity contribution < 1.29 is 19.1 Å². The van der Waals surface area contributed by atoms with Gasteiger partial charge in [-0.3, -0.25) is 9.36 Å². The molecule has 0 radical (unpaired) electrons. The lowest BCUT2D eigenvalue weighted by Crippen LogP contribution is -2.47. The van der Waals surface area contributed by atoms with Crippen LogP contribution in [0.4, 0.5) is 0 Å². The molecule has 0 aliphatic rings. The minimum Gasteiger partial charge on any atom is -0.347 e. The van der Waals surface area contributed by atoms with E-state index in [4.69, 9.17) is 9.79 Å². The van der Waals surface area contributed by atoms with Crippen molar-refractivity contribution in [1.29, 1.82) is 0 Å². The summed E-state index contributed by atoms with van der Waals surface area (Å²) in [7, 11) is -4.12. The largest absolute Gasteiger partial charge is 0.347 e. The maximum absolute atomic E-state index is 11.0. The van der Waals surface area contributed by atoms with E-state index in [-0.39, 0.29) is 6.16 Å². The fraction of sp³-hybridized carbons (Fsp3) is 0.625. The van der Waals surface area contributed by atoms with Crippen molar-refractivity contribution in [3.63, 3.8) is 0 Å². The van der Waals surface area contributed by atoms with Crippen LogP contribution in [0.15, 0.2) is 12.7 Å². The summed E-state index contributed by atoms with van der Waals surface area (Å²) in [6.07, 6.45) is 1.15. The van der Waals surface area contributed by atoms with Gasteiger partial charge in [-0.2, -0.15) is 0 Å². The van der Waals surface area contributed by atoms with Crippen LogP contribution in [-0.4, -0.2) is 27.4 Å². The summed E-state index contributed by atoms with van der Waals surface area (Å²) in [5.74, 6) is -0.428. The summed E-state index contributed by atoms with van der Waals surface area (Å²) >= 11 is 0. The van der Waals surface area contributed by atoms with Crippen molar-refractivity contribution in [2.24, 2.45) is 0 Å². The number of nitrogens with one attached hydrogen (secondary N) is 1. The third-order valence-electron chi connectivity index (χ3n) is 1.95. The van der Waals surface area contributed by atoms with Crippen molar-refractivity contribution in [2.75, 3.05) is 6.16 Å². The predicted octanol–water partition coefficient (Wildman–Crippen LogP) is 0.635. The van der Waals surface area contributed by atoms with Crippen LogP contribution in [0, 0.1) is 0 Å². The molecule has 0 aliphatic heterocycles. The number of hydrogen-bond acceptors (Lipinski definition) is 2. The first-order valence-corrected chi connectivity index (χ1v) is 6.01. The third-order valence-corrected chi connectivity index (χ3v) is 3.06. The molecule has 0 aromatic heterocycles. The van der Waals surface area contributed by atoms with Gasteiger partial charge in [0.2, 0.25) is 5.91 Å². The lowest BCUT2D eigenvalue weighted by atomic mass is 10.0. The molecule has 82 valence electrons. The van der Waals surface area contributed by atoms with Gasteiger partial charge in [-0.15, -0.1) is 0 Å². The van der Waals surface area contributed by atoms with Crippen molar-refractivity contribution in [1.82, 2.24) is 5.32 Å². The molecule has 3 N–H and O–H groups in total. The highest BCUT2D eigenvalue weighted by molar-refractivity contribution is 7.51. The number of carbonyl (C=O) groups is 1. The second-order valence-electron chi connectivity index (χ2n) is 3.43. The molecule has 0 aromatic rings. The van der Waals surface area contributed by atoms with Crippen LogP contribution < -0.4 is 5.32 Å². The van der Waals surface area contributed by atoms with Crippen LogP contribution >= 0.6 is 7.60 Å². The first-order valence-electron chi connectivity index (χ1n) is 4.21. The third kappa shape index (κ3) is 5.17. The Hall–Kier alpha value is -0.640. The molecule has 0 fully saturated rings. The summed E-state index contributed by atoms with van der Waals surface area (Å²) < 4.78 is 10.8. The quantitative estimate of drug-likeness (QED) is 0.469. The average Bonchev–Trinajstić information content (AvgIpc) is 2.00. The van der Waals surface area contributed by atoms with Gasteiger partial charge in [0, 0.05) is 5.54 Å². The van der Waals surface area contributed by atoms with Crippen LogP contribution in [0.5, 0.6) is 0 Å². The highest BCUT2D eigenvalue weighted by Crippen LogP contribution is 2.39. The molecule has 0 rings (SSSR count). The molecule has 14 heavy (non-hydrogen) atoms. The van der Waals surface area contributed by atoms with Gasteiger partial charge in [0.25, 0.3) is 0 Å². The molecule has 5 nitrogen and oxygen atoms in total. The highest BCUT2D eigenvalue weighted by Gasteiger charge is 2.31. The van der Waals surface area contributed by atoms with E-state index >= 15 is 0 Å². The molecular formula is C8H16NO4P. The van der Waals surface area contributed by atoms with Gasteiger partial charge in [0.15, 0.2) is 0 Å². The number of amides is 1. The fourth-order valence-electron chi connectivity index (χ4n) is 1.04. The molecule has 0 heterocycles. The molecule has 6 heteroatoms. The molecule has 1 unspecified atom stereocenters.